The van der Waals surface area contributed by atoms with Crippen molar-refractivity contribution in [3.05, 3.63) is 52.4 Å². The van der Waals surface area contributed by atoms with Gasteiger partial charge in [-0.15, -0.1) is 0 Å². The first-order valence-electron chi connectivity index (χ1n) is 8.69. The first kappa shape index (κ1) is 17.7. The molecule has 0 radical (unpaired) electrons. The maximum Gasteiger partial charge on any atom is 0.251 e. The van der Waals surface area contributed by atoms with Crippen molar-refractivity contribution in [1.82, 2.24) is 15.3 Å². The van der Waals surface area contributed by atoms with E-state index in [1.165, 1.54) is 0 Å². The number of nitrogens with zero attached hydrogens (tertiary/aromatic N) is 3. The molecule has 0 bridgehead atoms. The number of nitrogens with one attached hydrogen (secondary N) is 1. The summed E-state index contributed by atoms with van der Waals surface area (Å²) in [6, 6.07) is 7.50. The van der Waals surface area contributed by atoms with Crippen molar-refractivity contribution in [2.24, 2.45) is 0 Å². The second kappa shape index (κ2) is 7.83. The van der Waals surface area contributed by atoms with Gasteiger partial charge in [0, 0.05) is 41.5 Å². The SMILES string of the molecule is CCc1cc(N2CCCC(NC(=O)c3ccc(Cl)cc3C)C2)ncn1. The van der Waals surface area contributed by atoms with Gasteiger partial charge in [-0.3, -0.25) is 4.79 Å². The first-order chi connectivity index (χ1) is 12.1. The van der Waals surface area contributed by atoms with E-state index in [1.807, 2.05) is 19.1 Å². The summed E-state index contributed by atoms with van der Waals surface area (Å²) >= 11 is 5.97. The monoisotopic (exact) mass is 358 g/mol. The predicted molar refractivity (Wildman–Crippen MR) is 100 cm³/mol. The smallest absolute Gasteiger partial charge is 0.251 e. The fourth-order valence-electron chi connectivity index (χ4n) is 3.20. The van der Waals surface area contributed by atoms with E-state index in [-0.39, 0.29) is 11.9 Å². The molecular weight excluding hydrogens is 336 g/mol. The van der Waals surface area contributed by atoms with Crippen LogP contribution in [0.5, 0.6) is 0 Å². The Balaban J connectivity index is 1.68. The maximum atomic E-state index is 12.6. The van der Waals surface area contributed by atoms with Gasteiger partial charge in [0.15, 0.2) is 0 Å². The van der Waals surface area contributed by atoms with Gasteiger partial charge in [0.2, 0.25) is 0 Å². The number of anilines is 1. The van der Waals surface area contributed by atoms with Crippen molar-refractivity contribution >= 4 is 23.3 Å². The Morgan fingerprint density at radius 3 is 2.96 bits per heavy atom. The molecule has 2 aromatic rings. The van der Waals surface area contributed by atoms with Crippen LogP contribution in [0.3, 0.4) is 0 Å². The van der Waals surface area contributed by atoms with Crippen LogP contribution >= 0.6 is 11.6 Å². The Bertz CT molecular complexity index is 765. The second-order valence-corrected chi connectivity index (χ2v) is 6.88. The molecule has 1 aromatic heterocycles. The quantitative estimate of drug-likeness (QED) is 0.910. The Labute approximate surface area is 153 Å². The van der Waals surface area contributed by atoms with Gasteiger partial charge in [-0.2, -0.15) is 0 Å². The highest BCUT2D eigenvalue weighted by atomic mass is 35.5. The number of aryl methyl sites for hydroxylation is 2. The lowest BCUT2D eigenvalue weighted by Crippen LogP contribution is -2.48. The third kappa shape index (κ3) is 4.28. The van der Waals surface area contributed by atoms with Gasteiger partial charge in [0.05, 0.1) is 0 Å². The number of halogens is 1. The Hall–Kier alpha value is -2.14. The van der Waals surface area contributed by atoms with Crippen molar-refractivity contribution < 1.29 is 4.79 Å². The predicted octanol–water partition coefficient (Wildman–Crippen LogP) is 3.40. The summed E-state index contributed by atoms with van der Waals surface area (Å²) in [6.45, 7) is 5.70. The molecule has 25 heavy (non-hydrogen) atoms. The number of carbonyl (C=O) groups is 1. The zero-order valence-corrected chi connectivity index (χ0v) is 15.4. The summed E-state index contributed by atoms with van der Waals surface area (Å²) < 4.78 is 0. The molecule has 1 atom stereocenters. The zero-order valence-electron chi connectivity index (χ0n) is 14.6. The lowest BCUT2D eigenvalue weighted by atomic mass is 10.0. The van der Waals surface area contributed by atoms with Gasteiger partial charge >= 0.3 is 0 Å². The van der Waals surface area contributed by atoms with Crippen molar-refractivity contribution in [3.63, 3.8) is 0 Å². The van der Waals surface area contributed by atoms with Gasteiger partial charge in [-0.1, -0.05) is 18.5 Å². The van der Waals surface area contributed by atoms with Crippen molar-refractivity contribution in [3.8, 4) is 0 Å². The molecule has 1 aliphatic rings. The third-order valence-electron chi connectivity index (χ3n) is 4.59. The number of hydrogen-bond acceptors (Lipinski definition) is 4. The van der Waals surface area contributed by atoms with E-state index in [1.54, 1.807) is 18.5 Å². The normalized spacial score (nSPS) is 17.4. The lowest BCUT2D eigenvalue weighted by molar-refractivity contribution is 0.0932. The lowest BCUT2D eigenvalue weighted by Gasteiger charge is -2.34. The van der Waals surface area contributed by atoms with Crippen molar-refractivity contribution in [2.45, 2.75) is 39.2 Å². The highest BCUT2D eigenvalue weighted by Crippen LogP contribution is 2.20. The van der Waals surface area contributed by atoms with Crippen LogP contribution < -0.4 is 10.2 Å². The molecule has 0 aliphatic carbocycles. The summed E-state index contributed by atoms with van der Waals surface area (Å²) in [6.07, 6.45) is 4.50. The van der Waals surface area contributed by atoms with Gasteiger partial charge < -0.3 is 10.2 Å². The van der Waals surface area contributed by atoms with Crippen molar-refractivity contribution in [1.29, 1.82) is 0 Å². The fourth-order valence-corrected chi connectivity index (χ4v) is 3.43. The molecule has 1 N–H and O–H groups in total. The van der Waals surface area contributed by atoms with Crippen LogP contribution in [0, 0.1) is 6.92 Å². The number of amides is 1. The fraction of sp³-hybridized carbons (Fsp3) is 0.421. The maximum absolute atomic E-state index is 12.6. The third-order valence-corrected chi connectivity index (χ3v) is 4.82. The summed E-state index contributed by atoms with van der Waals surface area (Å²) in [5.41, 5.74) is 2.60. The van der Waals surface area contributed by atoms with E-state index in [9.17, 15) is 4.79 Å². The van der Waals surface area contributed by atoms with Gasteiger partial charge in [-0.05, 0) is 49.9 Å². The minimum absolute atomic E-state index is 0.0436. The molecule has 3 rings (SSSR count). The molecule has 1 aliphatic heterocycles. The van der Waals surface area contributed by atoms with Gasteiger partial charge in [0.1, 0.15) is 12.1 Å². The minimum Gasteiger partial charge on any atom is -0.354 e. The van der Waals surface area contributed by atoms with E-state index >= 15 is 0 Å². The zero-order chi connectivity index (χ0) is 17.8. The van der Waals surface area contributed by atoms with Crippen molar-refractivity contribution in [2.75, 3.05) is 18.0 Å². The average molecular weight is 359 g/mol. The molecule has 1 aromatic carbocycles. The highest BCUT2D eigenvalue weighted by molar-refractivity contribution is 6.30. The molecule has 1 fully saturated rings. The van der Waals surface area contributed by atoms with Crippen LogP contribution in [0.2, 0.25) is 5.02 Å². The number of hydrogen-bond donors (Lipinski definition) is 1. The number of piperidine rings is 1. The number of benzene rings is 1. The molecule has 1 saturated heterocycles. The summed E-state index contributed by atoms with van der Waals surface area (Å²) in [4.78, 5) is 23.5. The number of carbonyl (C=O) groups excluding carboxylic acids is 1. The minimum atomic E-state index is -0.0436. The summed E-state index contributed by atoms with van der Waals surface area (Å²) in [7, 11) is 0. The number of aromatic nitrogens is 2. The Morgan fingerprint density at radius 1 is 1.36 bits per heavy atom. The average Bonchev–Trinajstić information content (AvgIpc) is 2.62. The molecule has 132 valence electrons. The molecule has 6 heteroatoms. The van der Waals surface area contributed by atoms with Gasteiger partial charge in [0.25, 0.3) is 5.91 Å². The molecule has 0 spiro atoms. The summed E-state index contributed by atoms with van der Waals surface area (Å²) in [5, 5.41) is 3.80. The van der Waals surface area contributed by atoms with Crippen LogP contribution in [0.1, 0.15) is 41.4 Å². The number of rotatable bonds is 4. The van der Waals surface area contributed by atoms with Crippen LogP contribution in [0.25, 0.3) is 0 Å². The Morgan fingerprint density at radius 2 is 2.20 bits per heavy atom. The highest BCUT2D eigenvalue weighted by Gasteiger charge is 2.23. The second-order valence-electron chi connectivity index (χ2n) is 6.44. The Kier molecular flexibility index (Phi) is 5.53. The standard InChI is InChI=1S/C19H23ClN4O/c1-3-15-10-18(22-12-21-15)24-8-4-5-16(11-24)23-19(25)17-7-6-14(20)9-13(17)2/h6-7,9-10,12,16H,3-5,8,11H2,1-2H3,(H,23,25). The molecular formula is C19H23ClN4O. The van der Waals surface area contributed by atoms with Crippen LogP contribution in [-0.2, 0) is 6.42 Å². The molecule has 5 nitrogen and oxygen atoms in total. The molecule has 1 amide bonds. The molecule has 1 unspecified atom stereocenters. The topological polar surface area (TPSA) is 58.1 Å². The first-order valence-corrected chi connectivity index (χ1v) is 9.07. The van der Waals surface area contributed by atoms with E-state index in [2.05, 4.69) is 27.1 Å². The van der Waals surface area contributed by atoms with Gasteiger partial charge in [-0.25, -0.2) is 9.97 Å². The summed E-state index contributed by atoms with van der Waals surface area (Å²) in [5.74, 6) is 0.895. The molecule has 0 saturated carbocycles. The van der Waals surface area contributed by atoms with E-state index in [4.69, 9.17) is 11.6 Å². The molecule has 2 heterocycles. The van der Waals surface area contributed by atoms with E-state index < -0.39 is 0 Å². The van der Waals surface area contributed by atoms with Crippen LogP contribution in [-0.4, -0.2) is 35.0 Å². The van der Waals surface area contributed by atoms with E-state index in [0.29, 0.717) is 10.6 Å². The van der Waals surface area contributed by atoms with Crippen LogP contribution in [0.4, 0.5) is 5.82 Å². The van der Waals surface area contributed by atoms with E-state index in [0.717, 1.165) is 49.4 Å². The van der Waals surface area contributed by atoms with Crippen LogP contribution in [0.15, 0.2) is 30.6 Å². The largest absolute Gasteiger partial charge is 0.354 e.